The van der Waals surface area contributed by atoms with E-state index < -0.39 is 0 Å². The molecule has 0 spiro atoms. The van der Waals surface area contributed by atoms with Gasteiger partial charge in [0, 0.05) is 26.6 Å². The Bertz CT molecular complexity index is 143. The lowest BCUT2D eigenvalue weighted by molar-refractivity contribution is -0.126. The number of ketones is 1. The second kappa shape index (κ2) is 5.24. The summed E-state index contributed by atoms with van der Waals surface area (Å²) >= 11 is 0. The van der Waals surface area contributed by atoms with Gasteiger partial charge in [-0.2, -0.15) is 0 Å². The first-order valence-electron chi connectivity index (χ1n) is 4.16. The molecular formula is C8H15NO3. The van der Waals surface area contributed by atoms with Crippen molar-refractivity contribution >= 4 is 5.78 Å². The van der Waals surface area contributed by atoms with Gasteiger partial charge in [-0.3, -0.25) is 4.79 Å². The van der Waals surface area contributed by atoms with E-state index in [1.165, 1.54) is 7.11 Å². The van der Waals surface area contributed by atoms with E-state index in [-0.39, 0.29) is 18.5 Å². The van der Waals surface area contributed by atoms with Crippen LogP contribution in [0.25, 0.3) is 0 Å². The topological polar surface area (TPSA) is 47.6 Å². The van der Waals surface area contributed by atoms with Crippen LogP contribution in [0, 0.1) is 0 Å². The normalized spacial score (nSPS) is 23.9. The number of morpholine rings is 1. The summed E-state index contributed by atoms with van der Waals surface area (Å²) in [5.74, 6) is 0.103. The number of nitrogens with one attached hydrogen (secondary N) is 1. The lowest BCUT2D eigenvalue weighted by atomic mass is 10.1. The largest absolute Gasteiger partial charge is 0.377 e. The van der Waals surface area contributed by atoms with Crippen LogP contribution in [0.5, 0.6) is 0 Å². The molecule has 0 bridgehead atoms. The number of carbonyl (C=O) groups excluding carboxylic acids is 1. The van der Waals surface area contributed by atoms with Gasteiger partial charge in [-0.05, 0) is 0 Å². The van der Waals surface area contributed by atoms with Gasteiger partial charge in [-0.15, -0.1) is 0 Å². The molecule has 1 N–H and O–H groups in total. The van der Waals surface area contributed by atoms with E-state index in [1.807, 2.05) is 0 Å². The summed E-state index contributed by atoms with van der Waals surface area (Å²) in [6.45, 7) is 2.55. The highest BCUT2D eigenvalue weighted by Gasteiger charge is 2.16. The number of rotatable bonds is 4. The summed E-state index contributed by atoms with van der Waals surface area (Å²) in [7, 11) is 1.53. The van der Waals surface area contributed by atoms with Gasteiger partial charge in [-0.1, -0.05) is 0 Å². The Kier molecular flexibility index (Phi) is 4.21. The van der Waals surface area contributed by atoms with Crippen LogP contribution < -0.4 is 5.32 Å². The van der Waals surface area contributed by atoms with Crippen molar-refractivity contribution in [1.82, 2.24) is 5.32 Å². The second-order valence-corrected chi connectivity index (χ2v) is 2.87. The first-order chi connectivity index (χ1) is 5.83. The van der Waals surface area contributed by atoms with Crippen molar-refractivity contribution in [2.24, 2.45) is 0 Å². The molecule has 1 fully saturated rings. The number of methoxy groups -OCH3 is 1. The van der Waals surface area contributed by atoms with E-state index in [0.29, 0.717) is 13.0 Å². The fourth-order valence-electron chi connectivity index (χ4n) is 1.22. The molecule has 70 valence electrons. The molecule has 0 radical (unpaired) electrons. The van der Waals surface area contributed by atoms with Crippen molar-refractivity contribution in [1.29, 1.82) is 0 Å². The van der Waals surface area contributed by atoms with Crippen molar-refractivity contribution in [3.8, 4) is 0 Å². The molecule has 12 heavy (non-hydrogen) atoms. The monoisotopic (exact) mass is 173 g/mol. The van der Waals surface area contributed by atoms with Gasteiger partial charge < -0.3 is 14.8 Å². The molecule has 0 aromatic carbocycles. The number of hydrogen-bond acceptors (Lipinski definition) is 4. The standard InChI is InChI=1S/C8H15NO3/c1-11-6-7(10)4-8-5-9-2-3-12-8/h8-9H,2-6H2,1H3. The highest BCUT2D eigenvalue weighted by molar-refractivity contribution is 5.80. The summed E-state index contributed by atoms with van der Waals surface area (Å²) in [6.07, 6.45) is 0.502. The molecular weight excluding hydrogens is 158 g/mol. The van der Waals surface area contributed by atoms with Crippen LogP contribution in [0.1, 0.15) is 6.42 Å². The quantitative estimate of drug-likeness (QED) is 0.627. The Labute approximate surface area is 72.2 Å². The summed E-state index contributed by atoms with van der Waals surface area (Å²) < 4.78 is 10.1. The average Bonchev–Trinajstić information content (AvgIpc) is 2.06. The van der Waals surface area contributed by atoms with Gasteiger partial charge in [0.1, 0.15) is 6.61 Å². The zero-order chi connectivity index (χ0) is 8.81. The second-order valence-electron chi connectivity index (χ2n) is 2.87. The Balaban J connectivity index is 2.15. The molecule has 0 aliphatic carbocycles. The summed E-state index contributed by atoms with van der Waals surface area (Å²) in [4.78, 5) is 11.1. The predicted octanol–water partition coefficient (Wildman–Crippen LogP) is -0.420. The van der Waals surface area contributed by atoms with Gasteiger partial charge >= 0.3 is 0 Å². The Hall–Kier alpha value is -0.450. The minimum atomic E-state index is 0.0430. The van der Waals surface area contributed by atoms with E-state index in [2.05, 4.69) is 5.32 Å². The fourth-order valence-corrected chi connectivity index (χ4v) is 1.22. The minimum Gasteiger partial charge on any atom is -0.377 e. The zero-order valence-corrected chi connectivity index (χ0v) is 7.34. The fraction of sp³-hybridized carbons (Fsp3) is 0.875. The molecule has 0 amide bonds. The van der Waals surface area contributed by atoms with Gasteiger partial charge in [0.2, 0.25) is 0 Å². The number of ether oxygens (including phenoxy) is 2. The summed E-state index contributed by atoms with van der Waals surface area (Å²) in [5, 5.41) is 3.16. The highest BCUT2D eigenvalue weighted by atomic mass is 16.5. The molecule has 1 saturated heterocycles. The third kappa shape index (κ3) is 3.30. The highest BCUT2D eigenvalue weighted by Crippen LogP contribution is 2.01. The van der Waals surface area contributed by atoms with Crippen molar-refractivity contribution in [3.05, 3.63) is 0 Å². The van der Waals surface area contributed by atoms with Crippen LogP contribution >= 0.6 is 0 Å². The maximum atomic E-state index is 11.1. The molecule has 0 aromatic heterocycles. The molecule has 1 heterocycles. The van der Waals surface area contributed by atoms with E-state index in [0.717, 1.165) is 13.1 Å². The first kappa shape index (κ1) is 9.64. The van der Waals surface area contributed by atoms with Crippen molar-refractivity contribution in [2.75, 3.05) is 33.4 Å². The van der Waals surface area contributed by atoms with Crippen molar-refractivity contribution in [2.45, 2.75) is 12.5 Å². The van der Waals surface area contributed by atoms with Gasteiger partial charge in [0.15, 0.2) is 5.78 Å². The molecule has 1 rings (SSSR count). The van der Waals surface area contributed by atoms with Crippen LogP contribution in [0.3, 0.4) is 0 Å². The summed E-state index contributed by atoms with van der Waals surface area (Å²) in [6, 6.07) is 0. The molecule has 0 saturated carbocycles. The van der Waals surface area contributed by atoms with Crippen LogP contribution in [0.4, 0.5) is 0 Å². The molecule has 1 aliphatic rings. The molecule has 4 nitrogen and oxygen atoms in total. The number of Topliss-reactive ketones (excluding diaryl/α,β-unsaturated/α-hetero) is 1. The lowest BCUT2D eigenvalue weighted by Gasteiger charge is -2.22. The molecule has 4 heteroatoms. The predicted molar refractivity (Wildman–Crippen MR) is 44.1 cm³/mol. The zero-order valence-electron chi connectivity index (χ0n) is 7.34. The Morgan fingerprint density at radius 3 is 3.17 bits per heavy atom. The van der Waals surface area contributed by atoms with E-state index in [1.54, 1.807) is 0 Å². The molecule has 1 atom stereocenters. The SMILES string of the molecule is COCC(=O)CC1CNCCO1. The van der Waals surface area contributed by atoms with E-state index in [4.69, 9.17) is 9.47 Å². The maximum absolute atomic E-state index is 11.1. The lowest BCUT2D eigenvalue weighted by Crippen LogP contribution is -2.39. The number of carbonyl (C=O) groups is 1. The Morgan fingerprint density at radius 1 is 1.75 bits per heavy atom. The average molecular weight is 173 g/mol. The van der Waals surface area contributed by atoms with Crippen LogP contribution in [0.15, 0.2) is 0 Å². The smallest absolute Gasteiger partial charge is 0.161 e. The van der Waals surface area contributed by atoms with Crippen LogP contribution in [0.2, 0.25) is 0 Å². The van der Waals surface area contributed by atoms with Crippen LogP contribution in [-0.4, -0.2) is 45.3 Å². The van der Waals surface area contributed by atoms with Gasteiger partial charge in [0.05, 0.1) is 12.7 Å². The van der Waals surface area contributed by atoms with Gasteiger partial charge in [0.25, 0.3) is 0 Å². The minimum absolute atomic E-state index is 0.0430. The Morgan fingerprint density at radius 2 is 2.58 bits per heavy atom. The van der Waals surface area contributed by atoms with Crippen LogP contribution in [-0.2, 0) is 14.3 Å². The van der Waals surface area contributed by atoms with E-state index >= 15 is 0 Å². The maximum Gasteiger partial charge on any atom is 0.161 e. The number of hydrogen-bond donors (Lipinski definition) is 1. The third-order valence-electron chi connectivity index (χ3n) is 1.77. The summed E-state index contributed by atoms with van der Waals surface area (Å²) in [5.41, 5.74) is 0. The third-order valence-corrected chi connectivity index (χ3v) is 1.77. The molecule has 0 aromatic rings. The molecule has 1 unspecified atom stereocenters. The van der Waals surface area contributed by atoms with E-state index in [9.17, 15) is 4.79 Å². The van der Waals surface area contributed by atoms with Gasteiger partial charge in [-0.25, -0.2) is 0 Å². The van der Waals surface area contributed by atoms with Crippen molar-refractivity contribution < 1.29 is 14.3 Å². The van der Waals surface area contributed by atoms with Crippen molar-refractivity contribution in [3.63, 3.8) is 0 Å². The first-order valence-corrected chi connectivity index (χ1v) is 4.16. The molecule has 1 aliphatic heterocycles.